The second-order valence-corrected chi connectivity index (χ2v) is 7.59. The van der Waals surface area contributed by atoms with E-state index in [1.54, 1.807) is 0 Å². The van der Waals surface area contributed by atoms with Crippen LogP contribution in [0.2, 0.25) is 0 Å². The number of morpholine rings is 1. The number of halogens is 1. The second kappa shape index (κ2) is 9.77. The highest BCUT2D eigenvalue weighted by molar-refractivity contribution is 7.98. The van der Waals surface area contributed by atoms with E-state index in [1.807, 2.05) is 11.8 Å². The maximum absolute atomic E-state index is 5.66. The quantitative estimate of drug-likeness (QED) is 0.809. The van der Waals surface area contributed by atoms with Gasteiger partial charge in [-0.05, 0) is 42.2 Å². The molecule has 23 heavy (non-hydrogen) atoms. The first kappa shape index (κ1) is 18.9. The van der Waals surface area contributed by atoms with Crippen molar-refractivity contribution in [1.82, 2.24) is 5.32 Å². The number of rotatable bonds is 6. The van der Waals surface area contributed by atoms with E-state index in [-0.39, 0.29) is 12.4 Å². The number of nitrogens with one attached hydrogen (secondary N) is 2. The zero-order chi connectivity index (χ0) is 15.2. The second-order valence-electron chi connectivity index (χ2n) is 6.32. The highest BCUT2D eigenvalue weighted by Gasteiger charge is 2.34. The standard InChI is InChI=1S/C18H28N2OS.ClH/c1-2-22-13-14-5-3-6-15(11-14)20-17-8-4-7-16(17)18-12-21-10-9-19-18;/h3,5-6,11,16-20H,2,4,7-10,12-13H2,1H3;1H. The molecule has 1 aromatic carbocycles. The Kier molecular flexibility index (Phi) is 8.04. The summed E-state index contributed by atoms with van der Waals surface area (Å²) in [4.78, 5) is 0. The molecular formula is C18H29ClN2OS. The Morgan fingerprint density at radius 1 is 1.35 bits per heavy atom. The molecule has 130 valence electrons. The van der Waals surface area contributed by atoms with Crippen molar-refractivity contribution in [1.29, 1.82) is 0 Å². The summed E-state index contributed by atoms with van der Waals surface area (Å²) in [7, 11) is 0. The van der Waals surface area contributed by atoms with Gasteiger partial charge in [-0.25, -0.2) is 0 Å². The number of benzene rings is 1. The molecule has 2 aliphatic rings. The van der Waals surface area contributed by atoms with Crippen LogP contribution in [0, 0.1) is 5.92 Å². The van der Waals surface area contributed by atoms with E-state index in [1.165, 1.54) is 36.3 Å². The lowest BCUT2D eigenvalue weighted by Gasteiger charge is -2.33. The zero-order valence-corrected chi connectivity index (χ0v) is 15.6. The van der Waals surface area contributed by atoms with Crippen molar-refractivity contribution in [2.45, 2.75) is 44.0 Å². The van der Waals surface area contributed by atoms with Crippen molar-refractivity contribution in [3.05, 3.63) is 29.8 Å². The van der Waals surface area contributed by atoms with Crippen LogP contribution < -0.4 is 10.6 Å². The lowest BCUT2D eigenvalue weighted by Crippen LogP contribution is -2.49. The molecule has 1 saturated heterocycles. The predicted molar refractivity (Wildman–Crippen MR) is 103 cm³/mol. The highest BCUT2D eigenvalue weighted by Crippen LogP contribution is 2.32. The Morgan fingerprint density at radius 2 is 2.26 bits per heavy atom. The number of ether oxygens (including phenoxy) is 1. The molecule has 1 aromatic rings. The number of hydrogen-bond acceptors (Lipinski definition) is 4. The average molecular weight is 357 g/mol. The van der Waals surface area contributed by atoms with E-state index in [2.05, 4.69) is 41.8 Å². The van der Waals surface area contributed by atoms with Gasteiger partial charge >= 0.3 is 0 Å². The molecule has 5 heteroatoms. The first-order valence-electron chi connectivity index (χ1n) is 8.61. The van der Waals surface area contributed by atoms with Crippen molar-refractivity contribution < 1.29 is 4.74 Å². The lowest BCUT2D eigenvalue weighted by atomic mass is 9.93. The molecule has 3 rings (SSSR count). The lowest BCUT2D eigenvalue weighted by molar-refractivity contribution is 0.0559. The largest absolute Gasteiger partial charge is 0.382 e. The molecule has 1 heterocycles. The van der Waals surface area contributed by atoms with Crippen LogP contribution in [0.25, 0.3) is 0 Å². The van der Waals surface area contributed by atoms with Gasteiger partial charge in [0.05, 0.1) is 13.2 Å². The Labute approximate surface area is 150 Å². The molecule has 0 bridgehead atoms. The molecule has 0 aromatic heterocycles. The van der Waals surface area contributed by atoms with Crippen LogP contribution >= 0.6 is 24.2 Å². The summed E-state index contributed by atoms with van der Waals surface area (Å²) in [6.07, 6.45) is 3.91. The van der Waals surface area contributed by atoms with E-state index >= 15 is 0 Å². The van der Waals surface area contributed by atoms with Gasteiger partial charge in [0.2, 0.25) is 0 Å². The minimum Gasteiger partial charge on any atom is -0.382 e. The van der Waals surface area contributed by atoms with E-state index < -0.39 is 0 Å². The monoisotopic (exact) mass is 356 g/mol. The summed E-state index contributed by atoms with van der Waals surface area (Å²) in [5.74, 6) is 2.97. The summed E-state index contributed by atoms with van der Waals surface area (Å²) < 4.78 is 5.66. The van der Waals surface area contributed by atoms with Gasteiger partial charge < -0.3 is 15.4 Å². The molecule has 2 N–H and O–H groups in total. The van der Waals surface area contributed by atoms with Gasteiger partial charge in [0, 0.05) is 30.1 Å². The van der Waals surface area contributed by atoms with Crippen molar-refractivity contribution in [3.63, 3.8) is 0 Å². The summed E-state index contributed by atoms with van der Waals surface area (Å²) in [6, 6.07) is 10.0. The third kappa shape index (κ3) is 5.28. The van der Waals surface area contributed by atoms with E-state index in [0.29, 0.717) is 18.0 Å². The molecule has 3 nitrogen and oxygen atoms in total. The molecular weight excluding hydrogens is 328 g/mol. The molecule has 3 atom stereocenters. The zero-order valence-electron chi connectivity index (χ0n) is 13.9. The Morgan fingerprint density at radius 3 is 3.04 bits per heavy atom. The van der Waals surface area contributed by atoms with Crippen LogP contribution in [-0.2, 0) is 10.5 Å². The maximum Gasteiger partial charge on any atom is 0.0623 e. The van der Waals surface area contributed by atoms with Crippen molar-refractivity contribution in [2.75, 3.05) is 30.8 Å². The van der Waals surface area contributed by atoms with Gasteiger partial charge in [-0.2, -0.15) is 11.8 Å². The van der Waals surface area contributed by atoms with E-state index in [4.69, 9.17) is 4.74 Å². The first-order chi connectivity index (χ1) is 10.9. The van der Waals surface area contributed by atoms with Gasteiger partial charge in [0.15, 0.2) is 0 Å². The van der Waals surface area contributed by atoms with Crippen LogP contribution in [0.15, 0.2) is 24.3 Å². The summed E-state index contributed by atoms with van der Waals surface area (Å²) in [5, 5.41) is 7.45. The van der Waals surface area contributed by atoms with Crippen LogP contribution in [0.5, 0.6) is 0 Å². The fourth-order valence-corrected chi connectivity index (χ4v) is 4.31. The Hall–Kier alpha value is -0.420. The third-order valence-electron chi connectivity index (χ3n) is 4.79. The Bertz CT molecular complexity index is 468. The van der Waals surface area contributed by atoms with E-state index in [9.17, 15) is 0 Å². The minimum absolute atomic E-state index is 0. The van der Waals surface area contributed by atoms with Crippen LogP contribution in [0.1, 0.15) is 31.7 Å². The van der Waals surface area contributed by atoms with Gasteiger partial charge in [-0.1, -0.05) is 25.5 Å². The molecule has 1 aliphatic heterocycles. The normalized spacial score (nSPS) is 27.4. The number of thioether (sulfide) groups is 1. The smallest absolute Gasteiger partial charge is 0.0623 e. The van der Waals surface area contributed by atoms with E-state index in [0.717, 1.165) is 25.5 Å². The Balaban J connectivity index is 0.00000192. The van der Waals surface area contributed by atoms with Crippen LogP contribution in [0.3, 0.4) is 0 Å². The van der Waals surface area contributed by atoms with Crippen LogP contribution in [-0.4, -0.2) is 37.6 Å². The molecule has 3 unspecified atom stereocenters. The summed E-state index contributed by atoms with van der Waals surface area (Å²) in [5.41, 5.74) is 2.70. The molecule has 0 spiro atoms. The van der Waals surface area contributed by atoms with Crippen molar-refractivity contribution >= 4 is 29.9 Å². The number of hydrogen-bond donors (Lipinski definition) is 2. The van der Waals surface area contributed by atoms with Gasteiger partial charge in [0.1, 0.15) is 0 Å². The number of anilines is 1. The summed E-state index contributed by atoms with van der Waals surface area (Å²) >= 11 is 1.98. The van der Waals surface area contributed by atoms with Gasteiger partial charge in [0.25, 0.3) is 0 Å². The van der Waals surface area contributed by atoms with Gasteiger partial charge in [-0.15, -0.1) is 12.4 Å². The van der Waals surface area contributed by atoms with Crippen molar-refractivity contribution in [2.24, 2.45) is 5.92 Å². The van der Waals surface area contributed by atoms with Gasteiger partial charge in [-0.3, -0.25) is 0 Å². The predicted octanol–water partition coefficient (Wildman–Crippen LogP) is 3.93. The molecule has 0 amide bonds. The minimum atomic E-state index is 0. The highest BCUT2D eigenvalue weighted by atomic mass is 35.5. The average Bonchev–Trinajstić information content (AvgIpc) is 3.02. The van der Waals surface area contributed by atoms with Crippen molar-refractivity contribution in [3.8, 4) is 0 Å². The molecule has 1 saturated carbocycles. The summed E-state index contributed by atoms with van der Waals surface area (Å²) in [6.45, 7) is 4.95. The molecule has 2 fully saturated rings. The SMILES string of the molecule is CCSCc1cccc(NC2CCCC2C2COCCN2)c1.Cl. The third-order valence-corrected chi connectivity index (χ3v) is 5.73. The first-order valence-corrected chi connectivity index (χ1v) is 9.76. The molecule has 1 aliphatic carbocycles. The topological polar surface area (TPSA) is 33.3 Å². The fourth-order valence-electron chi connectivity index (χ4n) is 3.70. The fraction of sp³-hybridized carbons (Fsp3) is 0.667. The van der Waals surface area contributed by atoms with Crippen LogP contribution in [0.4, 0.5) is 5.69 Å². The molecule has 0 radical (unpaired) electrons. The maximum atomic E-state index is 5.66.